The van der Waals surface area contributed by atoms with Gasteiger partial charge in [-0.3, -0.25) is 20.2 Å². The molecule has 0 aliphatic carbocycles. The first-order chi connectivity index (χ1) is 10.0. The van der Waals surface area contributed by atoms with Gasteiger partial charge in [-0.1, -0.05) is 24.3 Å². The summed E-state index contributed by atoms with van der Waals surface area (Å²) < 4.78 is 0. The number of nitrogens with zero attached hydrogens (tertiary/aromatic N) is 2. The first kappa shape index (κ1) is 14.6. The number of non-ortho nitro benzene ring substituents is 1. The van der Waals surface area contributed by atoms with Gasteiger partial charge in [-0.05, 0) is 30.2 Å². The summed E-state index contributed by atoms with van der Waals surface area (Å²) in [6, 6.07) is 10.8. The Morgan fingerprint density at radius 1 is 0.952 bits per heavy atom. The molecule has 0 saturated carbocycles. The van der Waals surface area contributed by atoms with E-state index in [2.05, 4.69) is 0 Å². The highest BCUT2D eigenvalue weighted by Crippen LogP contribution is 2.34. The van der Waals surface area contributed by atoms with Crippen LogP contribution in [0.25, 0.3) is 11.1 Å². The number of hydrogen-bond donors (Lipinski definition) is 1. The van der Waals surface area contributed by atoms with Crippen molar-refractivity contribution in [3.63, 3.8) is 0 Å². The fraction of sp³-hybridized carbons (Fsp3) is 0.143. The Balaban J connectivity index is 2.63. The SMILES string of the molecule is NCCc1ccccc1-c1ccc([N+](=O)[O-])cc1[N+](=O)[O-]. The lowest BCUT2D eigenvalue weighted by molar-refractivity contribution is -0.393. The second-order valence-corrected chi connectivity index (χ2v) is 4.41. The van der Waals surface area contributed by atoms with E-state index in [4.69, 9.17) is 5.73 Å². The Hall–Kier alpha value is -2.80. The van der Waals surface area contributed by atoms with Crippen molar-refractivity contribution in [2.24, 2.45) is 5.73 Å². The molecule has 2 aromatic rings. The molecular formula is C14H13N3O4. The van der Waals surface area contributed by atoms with Crippen molar-refractivity contribution in [2.45, 2.75) is 6.42 Å². The highest BCUT2D eigenvalue weighted by atomic mass is 16.6. The van der Waals surface area contributed by atoms with Crippen LogP contribution in [-0.4, -0.2) is 16.4 Å². The third-order valence-corrected chi connectivity index (χ3v) is 3.11. The van der Waals surface area contributed by atoms with Crippen molar-refractivity contribution in [3.8, 4) is 11.1 Å². The van der Waals surface area contributed by atoms with Crippen molar-refractivity contribution < 1.29 is 9.85 Å². The van der Waals surface area contributed by atoms with E-state index >= 15 is 0 Å². The summed E-state index contributed by atoms with van der Waals surface area (Å²) in [6.45, 7) is 0.414. The third kappa shape index (κ3) is 3.03. The van der Waals surface area contributed by atoms with Crippen LogP contribution >= 0.6 is 0 Å². The number of nitro groups is 2. The minimum atomic E-state index is -0.650. The third-order valence-electron chi connectivity index (χ3n) is 3.11. The lowest BCUT2D eigenvalue weighted by Gasteiger charge is -2.09. The van der Waals surface area contributed by atoms with Crippen LogP contribution in [0.1, 0.15) is 5.56 Å². The average molecular weight is 287 g/mol. The molecule has 108 valence electrons. The maximum absolute atomic E-state index is 11.2. The molecule has 0 radical (unpaired) electrons. The molecular weight excluding hydrogens is 274 g/mol. The van der Waals surface area contributed by atoms with Crippen LogP contribution in [0, 0.1) is 20.2 Å². The molecule has 0 unspecified atom stereocenters. The monoisotopic (exact) mass is 287 g/mol. The van der Waals surface area contributed by atoms with Gasteiger partial charge in [0.05, 0.1) is 21.5 Å². The van der Waals surface area contributed by atoms with Crippen LogP contribution in [0.15, 0.2) is 42.5 Å². The molecule has 0 heterocycles. The summed E-state index contributed by atoms with van der Waals surface area (Å²) in [4.78, 5) is 20.7. The van der Waals surface area contributed by atoms with Crippen molar-refractivity contribution in [1.82, 2.24) is 0 Å². The van der Waals surface area contributed by atoms with Gasteiger partial charge in [-0.15, -0.1) is 0 Å². The van der Waals surface area contributed by atoms with E-state index in [9.17, 15) is 20.2 Å². The largest absolute Gasteiger partial charge is 0.330 e. The van der Waals surface area contributed by atoms with Crippen molar-refractivity contribution in [1.29, 1.82) is 0 Å². The van der Waals surface area contributed by atoms with Crippen LogP contribution in [0.5, 0.6) is 0 Å². The van der Waals surface area contributed by atoms with Gasteiger partial charge in [0, 0.05) is 6.07 Å². The molecule has 0 fully saturated rings. The number of hydrogen-bond acceptors (Lipinski definition) is 5. The van der Waals surface area contributed by atoms with Gasteiger partial charge in [0.15, 0.2) is 0 Å². The molecule has 0 aromatic heterocycles. The predicted octanol–water partition coefficient (Wildman–Crippen LogP) is 2.67. The van der Waals surface area contributed by atoms with Crippen molar-refractivity contribution in [3.05, 3.63) is 68.3 Å². The number of benzene rings is 2. The normalized spacial score (nSPS) is 10.3. The van der Waals surface area contributed by atoms with E-state index in [-0.39, 0.29) is 11.4 Å². The standard InChI is InChI=1S/C14H13N3O4/c15-8-7-10-3-1-2-4-12(10)13-6-5-11(16(18)19)9-14(13)17(20)21/h1-6,9H,7-8,15H2. The smallest absolute Gasteiger partial charge is 0.284 e. The number of rotatable bonds is 5. The zero-order chi connectivity index (χ0) is 15.4. The summed E-state index contributed by atoms with van der Waals surface area (Å²) >= 11 is 0. The minimum absolute atomic E-state index is 0.284. The Morgan fingerprint density at radius 2 is 1.67 bits per heavy atom. The van der Waals surface area contributed by atoms with Gasteiger partial charge < -0.3 is 5.73 Å². The van der Waals surface area contributed by atoms with Crippen molar-refractivity contribution >= 4 is 11.4 Å². The first-order valence-corrected chi connectivity index (χ1v) is 6.25. The van der Waals surface area contributed by atoms with Crippen LogP contribution in [0.2, 0.25) is 0 Å². The van der Waals surface area contributed by atoms with E-state index < -0.39 is 9.85 Å². The maximum atomic E-state index is 11.2. The van der Waals surface area contributed by atoms with Gasteiger partial charge >= 0.3 is 0 Å². The summed E-state index contributed by atoms with van der Waals surface area (Å²) in [5.41, 5.74) is 6.86. The highest BCUT2D eigenvalue weighted by Gasteiger charge is 2.21. The van der Waals surface area contributed by atoms with Gasteiger partial charge in [-0.25, -0.2) is 0 Å². The summed E-state index contributed by atoms with van der Waals surface area (Å²) in [6.07, 6.45) is 0.574. The highest BCUT2D eigenvalue weighted by molar-refractivity contribution is 5.77. The van der Waals surface area contributed by atoms with Gasteiger partial charge in [0.2, 0.25) is 0 Å². The van der Waals surface area contributed by atoms with E-state index in [1.807, 2.05) is 12.1 Å². The molecule has 2 N–H and O–H groups in total. The molecule has 2 aromatic carbocycles. The lowest BCUT2D eigenvalue weighted by Crippen LogP contribution is -2.04. The van der Waals surface area contributed by atoms with Crippen LogP contribution in [-0.2, 0) is 6.42 Å². The second kappa shape index (κ2) is 6.10. The van der Waals surface area contributed by atoms with Gasteiger partial charge in [0.25, 0.3) is 11.4 Å². The molecule has 0 aliphatic heterocycles. The van der Waals surface area contributed by atoms with Gasteiger partial charge in [0.1, 0.15) is 0 Å². The predicted molar refractivity (Wildman–Crippen MR) is 77.9 cm³/mol. The molecule has 0 bridgehead atoms. The number of nitro benzene ring substituents is 2. The maximum Gasteiger partial charge on any atom is 0.284 e. The van der Waals surface area contributed by atoms with Crippen LogP contribution in [0.4, 0.5) is 11.4 Å². The van der Waals surface area contributed by atoms with E-state index in [1.54, 1.807) is 12.1 Å². The molecule has 7 heteroatoms. The van der Waals surface area contributed by atoms with Crippen LogP contribution < -0.4 is 5.73 Å². The molecule has 0 amide bonds. The zero-order valence-electron chi connectivity index (χ0n) is 11.1. The molecule has 0 spiro atoms. The topological polar surface area (TPSA) is 112 Å². The Morgan fingerprint density at radius 3 is 2.29 bits per heavy atom. The molecule has 0 atom stereocenters. The quantitative estimate of drug-likeness (QED) is 0.671. The fourth-order valence-electron chi connectivity index (χ4n) is 2.17. The van der Waals surface area contributed by atoms with Gasteiger partial charge in [-0.2, -0.15) is 0 Å². The van der Waals surface area contributed by atoms with E-state index in [0.717, 1.165) is 11.6 Å². The molecule has 2 rings (SSSR count). The average Bonchev–Trinajstić information content (AvgIpc) is 2.47. The summed E-state index contributed by atoms with van der Waals surface area (Å²) in [5.74, 6) is 0. The first-order valence-electron chi connectivity index (χ1n) is 6.25. The lowest BCUT2D eigenvalue weighted by atomic mass is 9.96. The minimum Gasteiger partial charge on any atom is -0.330 e. The fourth-order valence-corrected chi connectivity index (χ4v) is 2.17. The Bertz CT molecular complexity index is 700. The molecule has 7 nitrogen and oxygen atoms in total. The zero-order valence-corrected chi connectivity index (χ0v) is 11.1. The van der Waals surface area contributed by atoms with E-state index in [0.29, 0.717) is 24.1 Å². The Labute approximate surface area is 120 Å². The van der Waals surface area contributed by atoms with Crippen molar-refractivity contribution in [2.75, 3.05) is 6.54 Å². The Kier molecular flexibility index (Phi) is 4.24. The van der Waals surface area contributed by atoms with Crippen LogP contribution in [0.3, 0.4) is 0 Å². The second-order valence-electron chi connectivity index (χ2n) is 4.41. The van der Waals surface area contributed by atoms with E-state index in [1.165, 1.54) is 12.1 Å². The molecule has 0 saturated heterocycles. The summed E-state index contributed by atoms with van der Waals surface area (Å²) in [5, 5.41) is 22.0. The molecule has 21 heavy (non-hydrogen) atoms. The molecule has 0 aliphatic rings. The number of nitrogens with two attached hydrogens (primary N) is 1. The summed E-state index contributed by atoms with van der Waals surface area (Å²) in [7, 11) is 0.